The number of nitrogens with zero attached hydrogens (tertiary/aromatic N) is 1. The highest BCUT2D eigenvalue weighted by Gasteiger charge is 2.15. The lowest BCUT2D eigenvalue weighted by molar-refractivity contribution is -0.384. The summed E-state index contributed by atoms with van der Waals surface area (Å²) in [7, 11) is 0. The third kappa shape index (κ3) is 4.64. The predicted molar refractivity (Wildman–Crippen MR) is 86.4 cm³/mol. The minimum absolute atomic E-state index is 0.0214. The fourth-order valence-electron chi connectivity index (χ4n) is 2.07. The Balaban J connectivity index is 1.88. The van der Waals surface area contributed by atoms with Gasteiger partial charge in [-0.2, -0.15) is 0 Å². The summed E-state index contributed by atoms with van der Waals surface area (Å²) in [6.45, 7) is 1.36. The van der Waals surface area contributed by atoms with Gasteiger partial charge in [-0.25, -0.2) is 4.79 Å². The summed E-state index contributed by atoms with van der Waals surface area (Å²) in [6.07, 6.45) is 0. The number of nitro benzene ring substituents is 1. The van der Waals surface area contributed by atoms with Crippen LogP contribution < -0.4 is 5.32 Å². The van der Waals surface area contributed by atoms with Gasteiger partial charge in [-0.05, 0) is 18.6 Å². The lowest BCUT2D eigenvalue weighted by atomic mass is 10.1. The summed E-state index contributed by atoms with van der Waals surface area (Å²) >= 11 is 0. The zero-order valence-corrected chi connectivity index (χ0v) is 13.0. The van der Waals surface area contributed by atoms with Gasteiger partial charge in [0.2, 0.25) is 0 Å². The molecule has 2 aromatic carbocycles. The largest absolute Gasteiger partial charge is 0.452 e. The molecule has 1 N–H and O–H groups in total. The van der Waals surface area contributed by atoms with Gasteiger partial charge in [0.05, 0.1) is 16.5 Å². The number of nitrogens with one attached hydrogen (secondary N) is 1. The molecule has 0 aliphatic rings. The van der Waals surface area contributed by atoms with Crippen LogP contribution in [0.4, 0.5) is 5.69 Å². The van der Waals surface area contributed by atoms with E-state index in [-0.39, 0.29) is 17.3 Å². The first-order valence-corrected chi connectivity index (χ1v) is 7.23. The van der Waals surface area contributed by atoms with Crippen molar-refractivity contribution in [3.8, 4) is 0 Å². The van der Waals surface area contributed by atoms with Gasteiger partial charge in [-0.3, -0.25) is 14.9 Å². The third-order valence-corrected chi connectivity index (χ3v) is 3.30. The van der Waals surface area contributed by atoms with E-state index in [1.54, 1.807) is 0 Å². The SMILES string of the molecule is C[C@H](NC(=O)COC(=O)c1cccc([N+](=O)[O-])c1)c1ccccc1. The number of benzene rings is 2. The Labute approximate surface area is 138 Å². The maximum Gasteiger partial charge on any atom is 0.338 e. The van der Waals surface area contributed by atoms with Crippen LogP contribution in [0.5, 0.6) is 0 Å². The van der Waals surface area contributed by atoms with E-state index in [0.29, 0.717) is 0 Å². The van der Waals surface area contributed by atoms with Gasteiger partial charge < -0.3 is 10.1 Å². The maximum atomic E-state index is 11.9. The summed E-state index contributed by atoms with van der Waals surface area (Å²) in [6, 6.07) is 14.3. The molecule has 0 saturated heterocycles. The number of ether oxygens (including phenoxy) is 1. The van der Waals surface area contributed by atoms with Crippen molar-refractivity contribution < 1.29 is 19.2 Å². The van der Waals surface area contributed by atoms with Crippen molar-refractivity contribution in [1.82, 2.24) is 5.32 Å². The van der Waals surface area contributed by atoms with Crippen molar-refractivity contribution in [3.63, 3.8) is 0 Å². The van der Waals surface area contributed by atoms with Crippen molar-refractivity contribution in [2.24, 2.45) is 0 Å². The average molecular weight is 328 g/mol. The fourth-order valence-corrected chi connectivity index (χ4v) is 2.07. The topological polar surface area (TPSA) is 98.5 Å². The lowest BCUT2D eigenvalue weighted by Crippen LogP contribution is -2.31. The molecule has 2 rings (SSSR count). The van der Waals surface area contributed by atoms with Crippen molar-refractivity contribution in [3.05, 3.63) is 75.8 Å². The van der Waals surface area contributed by atoms with E-state index in [2.05, 4.69) is 5.32 Å². The van der Waals surface area contributed by atoms with Gasteiger partial charge in [0, 0.05) is 12.1 Å². The molecular weight excluding hydrogens is 312 g/mol. The van der Waals surface area contributed by atoms with Crippen LogP contribution in [0.25, 0.3) is 0 Å². The second-order valence-electron chi connectivity index (χ2n) is 5.08. The monoisotopic (exact) mass is 328 g/mol. The number of hydrogen-bond donors (Lipinski definition) is 1. The van der Waals surface area contributed by atoms with Crippen LogP contribution in [0.2, 0.25) is 0 Å². The molecule has 24 heavy (non-hydrogen) atoms. The van der Waals surface area contributed by atoms with Crippen LogP contribution in [0.1, 0.15) is 28.9 Å². The second-order valence-corrected chi connectivity index (χ2v) is 5.08. The number of non-ortho nitro benzene ring substituents is 1. The first-order chi connectivity index (χ1) is 11.5. The van der Waals surface area contributed by atoms with Crippen LogP contribution in [-0.4, -0.2) is 23.4 Å². The quantitative estimate of drug-likeness (QED) is 0.499. The molecule has 0 spiro atoms. The van der Waals surface area contributed by atoms with E-state index in [1.807, 2.05) is 37.3 Å². The Kier molecular flexibility index (Phi) is 5.62. The Hall–Kier alpha value is -3.22. The molecule has 0 radical (unpaired) electrons. The fraction of sp³-hybridized carbons (Fsp3) is 0.176. The van der Waals surface area contributed by atoms with Crippen LogP contribution >= 0.6 is 0 Å². The van der Waals surface area contributed by atoms with Gasteiger partial charge in [0.25, 0.3) is 11.6 Å². The molecule has 0 aromatic heterocycles. The van der Waals surface area contributed by atoms with Crippen LogP contribution in [-0.2, 0) is 9.53 Å². The molecular formula is C17H16N2O5. The van der Waals surface area contributed by atoms with Gasteiger partial charge in [-0.15, -0.1) is 0 Å². The smallest absolute Gasteiger partial charge is 0.338 e. The highest BCUT2D eigenvalue weighted by Crippen LogP contribution is 2.14. The number of hydrogen-bond acceptors (Lipinski definition) is 5. The maximum absolute atomic E-state index is 11.9. The zero-order chi connectivity index (χ0) is 17.5. The van der Waals surface area contributed by atoms with E-state index < -0.39 is 23.4 Å². The number of carbonyl (C=O) groups excluding carboxylic acids is 2. The Morgan fingerprint density at radius 1 is 1.17 bits per heavy atom. The first kappa shape index (κ1) is 17.1. The minimum atomic E-state index is -0.791. The number of rotatable bonds is 6. The van der Waals surface area contributed by atoms with Gasteiger partial charge in [0.1, 0.15) is 0 Å². The molecule has 0 saturated carbocycles. The number of esters is 1. The van der Waals surface area contributed by atoms with E-state index in [4.69, 9.17) is 4.74 Å². The number of nitro groups is 1. The third-order valence-electron chi connectivity index (χ3n) is 3.30. The molecule has 2 aromatic rings. The zero-order valence-electron chi connectivity index (χ0n) is 13.0. The molecule has 0 aliphatic carbocycles. The number of carbonyl (C=O) groups is 2. The summed E-state index contributed by atoms with van der Waals surface area (Å²) in [5, 5.41) is 13.4. The molecule has 1 amide bonds. The first-order valence-electron chi connectivity index (χ1n) is 7.23. The van der Waals surface area contributed by atoms with E-state index in [0.717, 1.165) is 11.6 Å². The van der Waals surface area contributed by atoms with Crippen molar-refractivity contribution in [1.29, 1.82) is 0 Å². The van der Waals surface area contributed by atoms with Crippen LogP contribution in [0.3, 0.4) is 0 Å². The summed E-state index contributed by atoms with van der Waals surface area (Å²) in [5.41, 5.74) is 0.732. The van der Waals surface area contributed by atoms with E-state index in [1.165, 1.54) is 18.2 Å². The Morgan fingerprint density at radius 2 is 1.88 bits per heavy atom. The van der Waals surface area contributed by atoms with Crippen LogP contribution in [0.15, 0.2) is 54.6 Å². The highest BCUT2D eigenvalue weighted by atomic mass is 16.6. The van der Waals surface area contributed by atoms with Crippen molar-refractivity contribution >= 4 is 17.6 Å². The predicted octanol–water partition coefficient (Wildman–Crippen LogP) is 2.63. The molecule has 0 fully saturated rings. The Bertz CT molecular complexity index is 746. The average Bonchev–Trinajstić information content (AvgIpc) is 2.60. The van der Waals surface area contributed by atoms with Crippen molar-refractivity contribution in [2.75, 3.05) is 6.61 Å². The van der Waals surface area contributed by atoms with Crippen molar-refractivity contribution in [2.45, 2.75) is 13.0 Å². The normalized spacial score (nSPS) is 11.4. The highest BCUT2D eigenvalue weighted by molar-refractivity contribution is 5.91. The molecule has 7 nitrogen and oxygen atoms in total. The van der Waals surface area contributed by atoms with Gasteiger partial charge in [0.15, 0.2) is 6.61 Å². The lowest BCUT2D eigenvalue weighted by Gasteiger charge is -2.14. The van der Waals surface area contributed by atoms with E-state index >= 15 is 0 Å². The molecule has 0 heterocycles. The molecule has 0 unspecified atom stereocenters. The molecule has 7 heteroatoms. The summed E-state index contributed by atoms with van der Waals surface area (Å²) < 4.78 is 4.89. The molecule has 124 valence electrons. The number of amides is 1. The van der Waals surface area contributed by atoms with Gasteiger partial charge in [-0.1, -0.05) is 36.4 Å². The summed E-state index contributed by atoms with van der Waals surface area (Å²) in [5.74, 6) is -1.24. The molecule has 1 atom stereocenters. The minimum Gasteiger partial charge on any atom is -0.452 e. The summed E-state index contributed by atoms with van der Waals surface area (Å²) in [4.78, 5) is 33.8. The molecule has 0 aliphatic heterocycles. The Morgan fingerprint density at radius 3 is 2.54 bits per heavy atom. The standard InChI is InChI=1S/C17H16N2O5/c1-12(13-6-3-2-4-7-13)18-16(20)11-24-17(21)14-8-5-9-15(10-14)19(22)23/h2-10,12H,11H2,1H3,(H,18,20)/t12-/m0/s1. The second kappa shape index (κ2) is 7.87. The van der Waals surface area contributed by atoms with E-state index in [9.17, 15) is 19.7 Å². The van der Waals surface area contributed by atoms with Crippen LogP contribution in [0, 0.1) is 10.1 Å². The molecule has 0 bridgehead atoms. The van der Waals surface area contributed by atoms with Gasteiger partial charge >= 0.3 is 5.97 Å².